The Morgan fingerprint density at radius 1 is 1.22 bits per heavy atom. The second-order valence-corrected chi connectivity index (χ2v) is 6.57. The summed E-state index contributed by atoms with van der Waals surface area (Å²) in [5.74, 6) is 0.965. The van der Waals surface area contributed by atoms with E-state index in [9.17, 15) is 9.59 Å². The van der Waals surface area contributed by atoms with Gasteiger partial charge < -0.3 is 14.9 Å². The Kier molecular flexibility index (Phi) is 5.92. The van der Waals surface area contributed by atoms with Gasteiger partial charge >= 0.3 is 5.97 Å². The number of furan rings is 1. The zero-order valence-corrected chi connectivity index (χ0v) is 15.4. The maximum Gasteiger partial charge on any atom is 0.337 e. The predicted molar refractivity (Wildman–Crippen MR) is 98.9 cm³/mol. The molecule has 1 aromatic carbocycles. The van der Waals surface area contributed by atoms with Gasteiger partial charge in [0.1, 0.15) is 0 Å². The molecule has 27 heavy (non-hydrogen) atoms. The highest BCUT2D eigenvalue weighted by Gasteiger charge is 2.17. The number of carbonyl (C=O) groups excluding carboxylic acids is 2. The predicted octanol–water partition coefficient (Wildman–Crippen LogP) is 2.49. The normalized spacial score (nSPS) is 10.7. The van der Waals surface area contributed by atoms with Crippen molar-refractivity contribution in [1.29, 1.82) is 0 Å². The second kappa shape index (κ2) is 8.54. The van der Waals surface area contributed by atoms with Gasteiger partial charge in [0.25, 0.3) is 0 Å². The summed E-state index contributed by atoms with van der Waals surface area (Å²) in [6, 6.07) is 10.7. The van der Waals surface area contributed by atoms with Crippen LogP contribution < -0.4 is 5.73 Å². The number of hydrogen-bond donors (Lipinski definition) is 1. The fourth-order valence-electron chi connectivity index (χ4n) is 2.41. The molecule has 0 unspecified atom stereocenters. The average molecular weight is 386 g/mol. The highest BCUT2D eigenvalue weighted by Crippen LogP contribution is 2.27. The van der Waals surface area contributed by atoms with Crippen LogP contribution in [0.2, 0.25) is 0 Å². The second-order valence-electron chi connectivity index (χ2n) is 5.63. The smallest absolute Gasteiger partial charge is 0.337 e. The molecule has 2 N–H and O–H groups in total. The highest BCUT2D eigenvalue weighted by molar-refractivity contribution is 7.98. The van der Waals surface area contributed by atoms with Crippen LogP contribution in [0.25, 0.3) is 11.6 Å². The summed E-state index contributed by atoms with van der Waals surface area (Å²) in [6.45, 7) is 0.363. The van der Waals surface area contributed by atoms with Crippen molar-refractivity contribution in [2.75, 3.05) is 7.11 Å². The van der Waals surface area contributed by atoms with Gasteiger partial charge in [-0.3, -0.25) is 9.36 Å². The van der Waals surface area contributed by atoms with E-state index >= 15 is 0 Å². The molecule has 2 aromatic heterocycles. The standard InChI is InChI=1S/C18H18N4O4S/c1-25-17(24)13-6-4-12(5-7-13)11-27-18-21-20-16(14-3-2-10-26-14)22(18)9-8-15(19)23/h2-7,10H,8-9,11H2,1H3,(H2,19,23). The van der Waals surface area contributed by atoms with Gasteiger partial charge in [0.2, 0.25) is 5.91 Å². The minimum absolute atomic E-state index is 0.174. The molecular weight excluding hydrogens is 368 g/mol. The molecule has 0 saturated heterocycles. The first-order chi connectivity index (χ1) is 13.1. The van der Waals surface area contributed by atoms with E-state index in [1.165, 1.54) is 18.9 Å². The quantitative estimate of drug-likeness (QED) is 0.467. The molecule has 8 nitrogen and oxygen atoms in total. The van der Waals surface area contributed by atoms with Crippen molar-refractivity contribution in [3.63, 3.8) is 0 Å². The molecule has 0 aliphatic carbocycles. The SMILES string of the molecule is COC(=O)c1ccc(CSc2nnc(-c3ccco3)n2CCC(N)=O)cc1. The van der Waals surface area contributed by atoms with E-state index in [4.69, 9.17) is 14.9 Å². The molecule has 0 aliphatic rings. The zero-order chi connectivity index (χ0) is 19.2. The lowest BCUT2D eigenvalue weighted by Crippen LogP contribution is -2.15. The van der Waals surface area contributed by atoms with Gasteiger partial charge in [-0.15, -0.1) is 10.2 Å². The number of nitrogens with two attached hydrogens (primary N) is 1. The Hall–Kier alpha value is -3.07. The summed E-state index contributed by atoms with van der Waals surface area (Å²) < 4.78 is 11.9. The summed E-state index contributed by atoms with van der Waals surface area (Å²) in [6.07, 6.45) is 1.73. The van der Waals surface area contributed by atoms with Crippen LogP contribution in [0.4, 0.5) is 0 Å². The first kappa shape index (κ1) is 18.7. The highest BCUT2D eigenvalue weighted by atomic mass is 32.2. The molecule has 0 spiro atoms. The topological polar surface area (TPSA) is 113 Å². The number of benzene rings is 1. The maximum absolute atomic E-state index is 11.5. The van der Waals surface area contributed by atoms with E-state index in [2.05, 4.69) is 10.2 Å². The van der Waals surface area contributed by atoms with Gasteiger partial charge in [-0.05, 0) is 29.8 Å². The molecule has 0 atom stereocenters. The van der Waals surface area contributed by atoms with Crippen molar-refractivity contribution in [3.05, 3.63) is 53.8 Å². The van der Waals surface area contributed by atoms with E-state index in [-0.39, 0.29) is 12.4 Å². The molecule has 1 amide bonds. The van der Waals surface area contributed by atoms with Crippen LogP contribution in [0.1, 0.15) is 22.3 Å². The minimum atomic E-state index is -0.400. The summed E-state index contributed by atoms with van der Waals surface area (Å²) in [7, 11) is 1.35. The summed E-state index contributed by atoms with van der Waals surface area (Å²) in [5, 5.41) is 9.05. The molecule has 140 valence electrons. The average Bonchev–Trinajstić information content (AvgIpc) is 3.33. The fourth-order valence-corrected chi connectivity index (χ4v) is 3.33. The van der Waals surface area contributed by atoms with Gasteiger partial charge in [0, 0.05) is 18.7 Å². The number of methoxy groups -OCH3 is 1. The number of esters is 1. The van der Waals surface area contributed by atoms with Crippen LogP contribution in [-0.2, 0) is 21.8 Å². The minimum Gasteiger partial charge on any atom is -0.465 e. The number of aromatic nitrogens is 3. The molecule has 0 aliphatic heterocycles. The Balaban J connectivity index is 1.76. The Morgan fingerprint density at radius 2 is 2.00 bits per heavy atom. The zero-order valence-electron chi connectivity index (χ0n) is 14.6. The third kappa shape index (κ3) is 4.56. The molecule has 2 heterocycles. The number of ether oxygens (including phenoxy) is 1. The summed E-state index contributed by atoms with van der Waals surface area (Å²) in [5.41, 5.74) is 6.79. The molecular formula is C18H18N4O4S. The largest absolute Gasteiger partial charge is 0.465 e. The van der Waals surface area contributed by atoms with Crippen LogP contribution in [0, 0.1) is 0 Å². The van der Waals surface area contributed by atoms with Crippen LogP contribution in [0.3, 0.4) is 0 Å². The molecule has 0 fully saturated rings. The molecule has 0 bridgehead atoms. The van der Waals surface area contributed by atoms with Crippen LogP contribution in [-0.4, -0.2) is 33.8 Å². The number of primary amides is 1. The van der Waals surface area contributed by atoms with E-state index in [1.807, 2.05) is 16.7 Å². The van der Waals surface area contributed by atoms with E-state index in [0.29, 0.717) is 34.6 Å². The molecule has 9 heteroatoms. The first-order valence-electron chi connectivity index (χ1n) is 8.14. The van der Waals surface area contributed by atoms with Gasteiger partial charge in [-0.1, -0.05) is 23.9 Å². The van der Waals surface area contributed by atoms with Crippen LogP contribution >= 0.6 is 11.8 Å². The van der Waals surface area contributed by atoms with Gasteiger partial charge in [-0.2, -0.15) is 0 Å². The van der Waals surface area contributed by atoms with Gasteiger partial charge in [-0.25, -0.2) is 4.79 Å². The molecule has 0 saturated carbocycles. The lowest BCUT2D eigenvalue weighted by Gasteiger charge is -2.08. The Morgan fingerprint density at radius 3 is 2.63 bits per heavy atom. The fraction of sp³-hybridized carbons (Fsp3) is 0.222. The number of nitrogens with zero attached hydrogens (tertiary/aromatic N) is 3. The lowest BCUT2D eigenvalue weighted by molar-refractivity contribution is -0.118. The molecule has 3 rings (SSSR count). The van der Waals surface area contributed by atoms with Crippen molar-refractivity contribution >= 4 is 23.6 Å². The van der Waals surface area contributed by atoms with Gasteiger partial charge in [0.15, 0.2) is 16.7 Å². The number of hydrogen-bond acceptors (Lipinski definition) is 7. The summed E-state index contributed by atoms with van der Waals surface area (Å²) in [4.78, 5) is 22.7. The third-order valence-corrected chi connectivity index (χ3v) is 4.82. The molecule has 0 radical (unpaired) electrons. The first-order valence-corrected chi connectivity index (χ1v) is 9.12. The van der Waals surface area contributed by atoms with Gasteiger partial charge in [0.05, 0.1) is 18.9 Å². The Bertz CT molecular complexity index is 920. The van der Waals surface area contributed by atoms with Crippen molar-refractivity contribution in [2.24, 2.45) is 5.73 Å². The third-order valence-electron chi connectivity index (χ3n) is 3.78. The van der Waals surface area contributed by atoms with Crippen molar-refractivity contribution in [3.8, 4) is 11.6 Å². The number of rotatable bonds is 8. The number of thioether (sulfide) groups is 1. The Labute approximate surface area is 159 Å². The van der Waals surface area contributed by atoms with Crippen molar-refractivity contribution in [2.45, 2.75) is 23.9 Å². The maximum atomic E-state index is 11.5. The van der Waals surface area contributed by atoms with Crippen LogP contribution in [0.5, 0.6) is 0 Å². The van der Waals surface area contributed by atoms with E-state index < -0.39 is 5.91 Å². The van der Waals surface area contributed by atoms with Crippen molar-refractivity contribution in [1.82, 2.24) is 14.8 Å². The molecule has 3 aromatic rings. The van der Waals surface area contributed by atoms with Crippen molar-refractivity contribution < 1.29 is 18.7 Å². The lowest BCUT2D eigenvalue weighted by atomic mass is 10.1. The number of carbonyl (C=O) groups is 2. The van der Waals surface area contributed by atoms with E-state index in [0.717, 1.165) is 5.56 Å². The van der Waals surface area contributed by atoms with E-state index in [1.54, 1.807) is 30.5 Å². The summed E-state index contributed by atoms with van der Waals surface area (Å²) >= 11 is 1.47. The number of amides is 1. The monoisotopic (exact) mass is 386 g/mol. The van der Waals surface area contributed by atoms with Crippen LogP contribution in [0.15, 0.2) is 52.2 Å².